The van der Waals surface area contributed by atoms with E-state index < -0.39 is 18.0 Å². The lowest BCUT2D eigenvalue weighted by Crippen LogP contribution is -2.34. The minimum absolute atomic E-state index is 0.255. The van der Waals surface area contributed by atoms with Crippen LogP contribution in [0.3, 0.4) is 0 Å². The van der Waals surface area contributed by atoms with Crippen molar-refractivity contribution in [3.8, 4) is 0 Å². The molecule has 0 heterocycles. The number of rotatable bonds is 1. The molecule has 0 saturated carbocycles. The maximum Gasteiger partial charge on any atom is 0.397 e. The molecule has 0 rings (SSSR count). The largest absolute Gasteiger partial charge is 0.397 e. The molecule has 62 valence electrons. The van der Waals surface area contributed by atoms with Crippen molar-refractivity contribution in [2.24, 2.45) is 5.92 Å². The molecule has 0 aliphatic heterocycles. The first-order valence-corrected chi connectivity index (χ1v) is 2.60. The summed E-state index contributed by atoms with van der Waals surface area (Å²) in [6, 6.07) is 0. The van der Waals surface area contributed by atoms with E-state index in [9.17, 15) is 22.0 Å². The molecule has 0 nitrogen and oxygen atoms in total. The first kappa shape index (κ1) is 9.65. The second-order valence-corrected chi connectivity index (χ2v) is 2.22. The molecular weight excluding hydrogens is 155 g/mol. The molecule has 0 fully saturated rings. The second kappa shape index (κ2) is 2.36. The highest BCUT2D eigenvalue weighted by molar-refractivity contribution is 4.74. The zero-order valence-corrected chi connectivity index (χ0v) is 5.47. The summed E-state index contributed by atoms with van der Waals surface area (Å²) >= 11 is 0. The summed E-state index contributed by atoms with van der Waals surface area (Å²) in [5.41, 5.74) is 0. The molecular formula is C5H7F5. The van der Waals surface area contributed by atoms with Gasteiger partial charge in [-0.15, -0.1) is 0 Å². The molecule has 0 aromatic rings. The van der Waals surface area contributed by atoms with Gasteiger partial charge in [0.05, 0.1) is 0 Å². The molecule has 0 bridgehead atoms. The predicted octanol–water partition coefficient (Wildman–Crippen LogP) is 2.84. The fraction of sp³-hybridized carbons (Fsp3) is 1.00. The van der Waals surface area contributed by atoms with E-state index in [0.29, 0.717) is 6.92 Å². The number of hydrogen-bond donors (Lipinski definition) is 0. The van der Waals surface area contributed by atoms with Crippen LogP contribution < -0.4 is 0 Å². The third-order valence-electron chi connectivity index (χ3n) is 1.25. The summed E-state index contributed by atoms with van der Waals surface area (Å²) in [6.07, 6.45) is -4.81. The smallest absolute Gasteiger partial charge is 0.207 e. The molecule has 1 atom stereocenters. The van der Waals surface area contributed by atoms with Crippen molar-refractivity contribution in [2.45, 2.75) is 25.9 Å². The van der Waals surface area contributed by atoms with Crippen LogP contribution in [-0.2, 0) is 0 Å². The van der Waals surface area contributed by atoms with Crippen LogP contribution in [0, 0.1) is 5.92 Å². The van der Waals surface area contributed by atoms with Gasteiger partial charge in [0, 0.05) is 0 Å². The van der Waals surface area contributed by atoms with Crippen LogP contribution in [0.5, 0.6) is 0 Å². The van der Waals surface area contributed by atoms with Gasteiger partial charge >= 0.3 is 6.18 Å². The molecule has 0 aliphatic rings. The van der Waals surface area contributed by atoms with Gasteiger partial charge < -0.3 is 0 Å². The van der Waals surface area contributed by atoms with Crippen molar-refractivity contribution in [1.82, 2.24) is 0 Å². The van der Waals surface area contributed by atoms with Crippen molar-refractivity contribution in [3.05, 3.63) is 0 Å². The number of halogens is 5. The zero-order chi connectivity index (χ0) is 8.58. The van der Waals surface area contributed by atoms with Gasteiger partial charge in [0.1, 0.15) is 5.92 Å². The van der Waals surface area contributed by atoms with Gasteiger partial charge in [0.25, 0.3) is 5.92 Å². The molecule has 0 spiro atoms. The Hall–Kier alpha value is -0.350. The fourth-order valence-corrected chi connectivity index (χ4v) is 0.287. The second-order valence-electron chi connectivity index (χ2n) is 2.22. The summed E-state index contributed by atoms with van der Waals surface area (Å²) in [7, 11) is 0. The lowest BCUT2D eigenvalue weighted by molar-refractivity contribution is -0.228. The average Bonchev–Trinajstić information content (AvgIpc) is 1.59. The molecule has 0 aromatic carbocycles. The number of hydrogen-bond acceptors (Lipinski definition) is 0. The maximum atomic E-state index is 11.9. The molecule has 0 N–H and O–H groups in total. The van der Waals surface area contributed by atoms with E-state index in [1.807, 2.05) is 0 Å². The normalized spacial score (nSPS) is 17.1. The molecule has 5 heteroatoms. The Morgan fingerprint density at radius 2 is 1.30 bits per heavy atom. The topological polar surface area (TPSA) is 0 Å². The highest BCUT2D eigenvalue weighted by atomic mass is 19.4. The van der Waals surface area contributed by atoms with Crippen molar-refractivity contribution in [1.29, 1.82) is 0 Å². The Balaban J connectivity index is 4.23. The highest BCUT2D eigenvalue weighted by Gasteiger charge is 2.49. The summed E-state index contributed by atoms with van der Waals surface area (Å²) in [5.74, 6) is -6.25. The maximum absolute atomic E-state index is 11.9. The molecule has 0 amide bonds. The zero-order valence-electron chi connectivity index (χ0n) is 5.47. The SMILES string of the molecule is C[C@@H](C(C)(F)F)C(F)(F)F. The van der Waals surface area contributed by atoms with Crippen LogP contribution in [0.25, 0.3) is 0 Å². The Kier molecular flexibility index (Phi) is 2.28. The molecule has 0 radical (unpaired) electrons. The molecule has 0 aliphatic carbocycles. The lowest BCUT2D eigenvalue weighted by Gasteiger charge is -2.21. The molecule has 10 heavy (non-hydrogen) atoms. The van der Waals surface area contributed by atoms with Gasteiger partial charge in [0.2, 0.25) is 0 Å². The average molecular weight is 162 g/mol. The van der Waals surface area contributed by atoms with E-state index in [0.717, 1.165) is 0 Å². The fourth-order valence-electron chi connectivity index (χ4n) is 0.287. The summed E-state index contributed by atoms with van der Waals surface area (Å²) in [5, 5.41) is 0. The predicted molar refractivity (Wildman–Crippen MR) is 25.8 cm³/mol. The summed E-state index contributed by atoms with van der Waals surface area (Å²) in [4.78, 5) is 0. The van der Waals surface area contributed by atoms with Crippen LogP contribution in [0.4, 0.5) is 22.0 Å². The third-order valence-corrected chi connectivity index (χ3v) is 1.25. The van der Waals surface area contributed by atoms with E-state index in [4.69, 9.17) is 0 Å². The minimum Gasteiger partial charge on any atom is -0.207 e. The Bertz CT molecular complexity index is 94.2. The van der Waals surface area contributed by atoms with Gasteiger partial charge in [0.15, 0.2) is 0 Å². The van der Waals surface area contributed by atoms with E-state index in [1.54, 1.807) is 0 Å². The summed E-state index contributed by atoms with van der Waals surface area (Å²) in [6.45, 7) is 0.713. The Morgan fingerprint density at radius 3 is 1.30 bits per heavy atom. The Labute approximate surface area is 55.0 Å². The van der Waals surface area contributed by atoms with Gasteiger partial charge in [-0.25, -0.2) is 8.78 Å². The number of alkyl halides is 5. The van der Waals surface area contributed by atoms with Crippen LogP contribution in [0.1, 0.15) is 13.8 Å². The van der Waals surface area contributed by atoms with Gasteiger partial charge in [-0.05, 0) is 13.8 Å². The van der Waals surface area contributed by atoms with Crippen LogP contribution in [0.2, 0.25) is 0 Å². The standard InChI is InChI=1S/C5H7F5/c1-3(4(2,6)7)5(8,9)10/h3H,1-2H3/t3-/m0/s1. The quantitative estimate of drug-likeness (QED) is 0.520. The van der Waals surface area contributed by atoms with Crippen molar-refractivity contribution < 1.29 is 22.0 Å². The highest BCUT2D eigenvalue weighted by Crippen LogP contribution is 2.36. The van der Waals surface area contributed by atoms with Gasteiger partial charge in [-0.2, -0.15) is 13.2 Å². The van der Waals surface area contributed by atoms with E-state index in [2.05, 4.69) is 0 Å². The first-order chi connectivity index (χ1) is 4.15. The Morgan fingerprint density at radius 1 is 1.00 bits per heavy atom. The van der Waals surface area contributed by atoms with E-state index in [-0.39, 0.29) is 6.92 Å². The van der Waals surface area contributed by atoms with Gasteiger partial charge in [-0.1, -0.05) is 0 Å². The lowest BCUT2D eigenvalue weighted by atomic mass is 10.1. The van der Waals surface area contributed by atoms with E-state index in [1.165, 1.54) is 0 Å². The summed E-state index contributed by atoms with van der Waals surface area (Å²) < 4.78 is 58.2. The third kappa shape index (κ3) is 2.49. The van der Waals surface area contributed by atoms with E-state index >= 15 is 0 Å². The van der Waals surface area contributed by atoms with Crippen LogP contribution >= 0.6 is 0 Å². The monoisotopic (exact) mass is 162 g/mol. The van der Waals surface area contributed by atoms with Crippen LogP contribution in [-0.4, -0.2) is 12.1 Å². The van der Waals surface area contributed by atoms with Crippen molar-refractivity contribution in [2.75, 3.05) is 0 Å². The van der Waals surface area contributed by atoms with Gasteiger partial charge in [-0.3, -0.25) is 0 Å². The molecule has 0 unspecified atom stereocenters. The molecule has 0 aromatic heterocycles. The van der Waals surface area contributed by atoms with Crippen LogP contribution in [0.15, 0.2) is 0 Å². The van der Waals surface area contributed by atoms with Crippen molar-refractivity contribution in [3.63, 3.8) is 0 Å². The van der Waals surface area contributed by atoms with Crippen molar-refractivity contribution >= 4 is 0 Å². The molecule has 0 saturated heterocycles. The minimum atomic E-state index is -4.81. The first-order valence-electron chi connectivity index (χ1n) is 2.60.